The van der Waals surface area contributed by atoms with Crippen LogP contribution in [0.3, 0.4) is 0 Å². The van der Waals surface area contributed by atoms with Crippen LogP contribution in [0.25, 0.3) is 0 Å². The molecule has 0 aromatic heterocycles. The van der Waals surface area contributed by atoms with Crippen molar-refractivity contribution in [2.45, 2.75) is 38.8 Å². The Balaban J connectivity index is 3.19. The average molecular weight is 212 g/mol. The third-order valence-electron chi connectivity index (χ3n) is 3.04. The second kappa shape index (κ2) is 3.38. The molecule has 1 rings (SSSR count). The van der Waals surface area contributed by atoms with E-state index in [1.807, 2.05) is 20.8 Å². The lowest BCUT2D eigenvalue weighted by Crippen LogP contribution is -2.54. The van der Waals surface area contributed by atoms with E-state index in [0.29, 0.717) is 0 Å². The molecule has 5 nitrogen and oxygen atoms in total. The Kier molecular flexibility index (Phi) is 2.66. The second-order valence-electron chi connectivity index (χ2n) is 4.97. The van der Waals surface area contributed by atoms with Crippen LogP contribution in [0.2, 0.25) is 0 Å². The summed E-state index contributed by atoms with van der Waals surface area (Å²) in [5, 5.41) is 27.8. The molecular formula is C10H16N2O3. The number of β-amino-alcohol motifs (C(OH)–C–C–N with tert-alkyl or cyclic N) is 1. The van der Waals surface area contributed by atoms with Crippen LogP contribution >= 0.6 is 0 Å². The summed E-state index contributed by atoms with van der Waals surface area (Å²) >= 11 is 0. The molecule has 0 aromatic carbocycles. The molecule has 0 radical (unpaired) electrons. The van der Waals surface area contributed by atoms with Gasteiger partial charge in [0.25, 0.3) is 0 Å². The van der Waals surface area contributed by atoms with Crippen molar-refractivity contribution in [1.82, 2.24) is 4.90 Å². The SMILES string of the molecule is CC(C)(C)[C@]1(C#N)C[C@@H](O)CN1C(=O)O. The van der Waals surface area contributed by atoms with Crippen LogP contribution in [0.1, 0.15) is 27.2 Å². The van der Waals surface area contributed by atoms with Crippen LogP contribution in [-0.4, -0.2) is 39.4 Å². The molecule has 0 unspecified atom stereocenters. The number of amides is 1. The number of carboxylic acid groups (broad SMARTS) is 1. The van der Waals surface area contributed by atoms with Crippen molar-refractivity contribution in [3.63, 3.8) is 0 Å². The van der Waals surface area contributed by atoms with Crippen LogP contribution < -0.4 is 0 Å². The molecule has 1 aliphatic rings. The summed E-state index contributed by atoms with van der Waals surface area (Å²) in [5.41, 5.74) is -1.64. The Hall–Kier alpha value is -1.28. The Morgan fingerprint density at radius 1 is 1.60 bits per heavy atom. The van der Waals surface area contributed by atoms with Crippen molar-refractivity contribution in [2.24, 2.45) is 5.41 Å². The monoisotopic (exact) mass is 212 g/mol. The molecule has 15 heavy (non-hydrogen) atoms. The number of carbonyl (C=O) groups is 1. The van der Waals surface area contributed by atoms with Crippen molar-refractivity contribution < 1.29 is 15.0 Å². The lowest BCUT2D eigenvalue weighted by atomic mass is 9.72. The van der Waals surface area contributed by atoms with E-state index in [0.717, 1.165) is 4.90 Å². The Bertz CT molecular complexity index is 316. The topological polar surface area (TPSA) is 84.6 Å². The van der Waals surface area contributed by atoms with Crippen molar-refractivity contribution in [3.05, 3.63) is 0 Å². The summed E-state index contributed by atoms with van der Waals surface area (Å²) in [5.74, 6) is 0. The van der Waals surface area contributed by atoms with Gasteiger partial charge in [0.05, 0.1) is 18.7 Å². The van der Waals surface area contributed by atoms with Gasteiger partial charge in [0.15, 0.2) is 0 Å². The number of nitrogens with zero attached hydrogens (tertiary/aromatic N) is 2. The second-order valence-corrected chi connectivity index (χ2v) is 4.97. The van der Waals surface area contributed by atoms with E-state index in [2.05, 4.69) is 6.07 Å². The van der Waals surface area contributed by atoms with Gasteiger partial charge in [0, 0.05) is 6.42 Å². The van der Waals surface area contributed by atoms with E-state index in [-0.39, 0.29) is 13.0 Å². The minimum atomic E-state index is -1.15. The molecule has 0 aromatic rings. The highest BCUT2D eigenvalue weighted by Crippen LogP contribution is 2.43. The van der Waals surface area contributed by atoms with Crippen LogP contribution in [0.4, 0.5) is 4.79 Å². The molecule has 0 aliphatic carbocycles. The Morgan fingerprint density at radius 2 is 2.13 bits per heavy atom. The van der Waals surface area contributed by atoms with Gasteiger partial charge in [-0.1, -0.05) is 20.8 Å². The minimum absolute atomic E-state index is 0.0141. The van der Waals surface area contributed by atoms with Gasteiger partial charge in [-0.2, -0.15) is 5.26 Å². The average Bonchev–Trinajstić information content (AvgIpc) is 2.42. The zero-order chi connectivity index (χ0) is 11.9. The van der Waals surface area contributed by atoms with Gasteiger partial charge in [-0.05, 0) is 5.41 Å². The minimum Gasteiger partial charge on any atom is -0.465 e. The Morgan fingerprint density at radius 3 is 2.40 bits per heavy atom. The fourth-order valence-electron chi connectivity index (χ4n) is 2.11. The van der Waals surface area contributed by atoms with E-state index >= 15 is 0 Å². The molecule has 1 saturated heterocycles. The molecule has 1 amide bonds. The normalized spacial score (nSPS) is 31.4. The summed E-state index contributed by atoms with van der Waals surface area (Å²) in [6.45, 7) is 5.44. The summed E-state index contributed by atoms with van der Waals surface area (Å²) in [4.78, 5) is 12.1. The first-order valence-electron chi connectivity index (χ1n) is 4.84. The molecule has 2 N–H and O–H groups in total. The predicted molar refractivity (Wildman–Crippen MR) is 53.2 cm³/mol. The van der Waals surface area contributed by atoms with Crippen molar-refractivity contribution in [3.8, 4) is 6.07 Å². The first-order chi connectivity index (χ1) is 6.74. The van der Waals surface area contributed by atoms with Gasteiger partial charge < -0.3 is 10.2 Å². The first-order valence-corrected chi connectivity index (χ1v) is 4.84. The van der Waals surface area contributed by atoms with Crippen molar-refractivity contribution in [2.75, 3.05) is 6.54 Å². The molecule has 84 valence electrons. The molecule has 0 saturated carbocycles. The fourth-order valence-corrected chi connectivity index (χ4v) is 2.11. The molecular weight excluding hydrogens is 196 g/mol. The summed E-state index contributed by atoms with van der Waals surface area (Å²) < 4.78 is 0. The number of nitriles is 1. The van der Waals surface area contributed by atoms with E-state index in [4.69, 9.17) is 5.11 Å². The fraction of sp³-hybridized carbons (Fsp3) is 0.800. The van der Waals surface area contributed by atoms with E-state index < -0.39 is 23.2 Å². The number of rotatable bonds is 0. The number of aliphatic hydroxyl groups excluding tert-OH is 1. The van der Waals surface area contributed by atoms with E-state index in [9.17, 15) is 15.2 Å². The smallest absolute Gasteiger partial charge is 0.408 e. The van der Waals surface area contributed by atoms with Gasteiger partial charge in [0.2, 0.25) is 0 Å². The van der Waals surface area contributed by atoms with Crippen LogP contribution in [0, 0.1) is 16.7 Å². The zero-order valence-corrected chi connectivity index (χ0v) is 9.19. The highest BCUT2D eigenvalue weighted by Gasteiger charge is 2.55. The Labute approximate surface area is 88.9 Å². The zero-order valence-electron chi connectivity index (χ0n) is 9.19. The molecule has 0 bridgehead atoms. The lowest BCUT2D eigenvalue weighted by molar-refractivity contribution is 0.0689. The highest BCUT2D eigenvalue weighted by molar-refractivity contribution is 5.68. The number of likely N-dealkylation sites (tertiary alicyclic amines) is 1. The summed E-state index contributed by atoms with van der Waals surface area (Å²) in [6.07, 6.45) is -1.72. The molecule has 1 aliphatic heterocycles. The molecule has 5 heteroatoms. The quantitative estimate of drug-likeness (QED) is 0.628. The molecule has 2 atom stereocenters. The van der Waals surface area contributed by atoms with Crippen molar-refractivity contribution in [1.29, 1.82) is 5.26 Å². The van der Waals surface area contributed by atoms with Crippen molar-refractivity contribution >= 4 is 6.09 Å². The number of aliphatic hydroxyl groups is 1. The van der Waals surface area contributed by atoms with Crippen LogP contribution in [0.15, 0.2) is 0 Å². The molecule has 1 heterocycles. The maximum Gasteiger partial charge on any atom is 0.408 e. The number of hydrogen-bond donors (Lipinski definition) is 2. The highest BCUT2D eigenvalue weighted by atomic mass is 16.4. The van der Waals surface area contributed by atoms with Crippen LogP contribution in [0.5, 0.6) is 0 Å². The molecule has 0 spiro atoms. The maximum atomic E-state index is 11.0. The third kappa shape index (κ3) is 1.65. The van der Waals surface area contributed by atoms with E-state index in [1.165, 1.54) is 0 Å². The van der Waals surface area contributed by atoms with Gasteiger partial charge in [-0.3, -0.25) is 4.90 Å². The number of hydrogen-bond acceptors (Lipinski definition) is 3. The van der Waals surface area contributed by atoms with Gasteiger partial charge >= 0.3 is 6.09 Å². The first kappa shape index (κ1) is 11.8. The van der Waals surface area contributed by atoms with Gasteiger partial charge in [-0.25, -0.2) is 4.79 Å². The summed E-state index contributed by atoms with van der Waals surface area (Å²) in [7, 11) is 0. The van der Waals surface area contributed by atoms with Gasteiger partial charge in [-0.15, -0.1) is 0 Å². The predicted octanol–water partition coefficient (Wildman–Crippen LogP) is 1.04. The maximum absolute atomic E-state index is 11.0. The third-order valence-corrected chi connectivity index (χ3v) is 3.04. The molecule has 1 fully saturated rings. The standard InChI is InChI=1S/C10H16N2O3/c1-9(2,3)10(6-11)4-7(13)5-12(10)8(14)15/h7,13H,4-5H2,1-3H3,(H,14,15)/t7-,10-/m1/s1. The lowest BCUT2D eigenvalue weighted by Gasteiger charge is -2.40. The summed E-state index contributed by atoms with van der Waals surface area (Å²) in [6, 6.07) is 2.06. The van der Waals surface area contributed by atoms with Gasteiger partial charge in [0.1, 0.15) is 5.54 Å². The van der Waals surface area contributed by atoms with E-state index in [1.54, 1.807) is 0 Å². The van der Waals surface area contributed by atoms with Crippen LogP contribution in [-0.2, 0) is 0 Å². The largest absolute Gasteiger partial charge is 0.465 e.